The lowest BCUT2D eigenvalue weighted by Crippen LogP contribution is -2.30. The van der Waals surface area contributed by atoms with Gasteiger partial charge in [0.2, 0.25) is 5.91 Å². The first-order valence-corrected chi connectivity index (χ1v) is 14.3. The van der Waals surface area contributed by atoms with Gasteiger partial charge in [-0.3, -0.25) is 14.4 Å². The van der Waals surface area contributed by atoms with Crippen molar-refractivity contribution in [3.05, 3.63) is 125 Å². The Balaban J connectivity index is 1.48. The lowest BCUT2D eigenvalue weighted by atomic mass is 10.1. The summed E-state index contributed by atoms with van der Waals surface area (Å²) < 4.78 is 5.22. The molecule has 0 aromatic heterocycles. The zero-order chi connectivity index (χ0) is 30.1. The second-order valence-electron chi connectivity index (χ2n) is 9.76. The molecule has 3 amide bonds. The van der Waals surface area contributed by atoms with Gasteiger partial charge in [0.05, 0.1) is 12.4 Å². The molecule has 0 fully saturated rings. The fourth-order valence-electron chi connectivity index (χ4n) is 4.20. The number of rotatable bonds is 10. The highest BCUT2D eigenvalue weighted by atomic mass is 32.2. The van der Waals surface area contributed by atoms with E-state index >= 15 is 0 Å². The molecule has 0 bridgehead atoms. The van der Waals surface area contributed by atoms with E-state index in [1.807, 2.05) is 51.1 Å². The summed E-state index contributed by atoms with van der Waals surface area (Å²) in [7, 11) is 1.58. The molecule has 4 aromatic carbocycles. The van der Waals surface area contributed by atoms with Crippen molar-refractivity contribution >= 4 is 46.9 Å². The van der Waals surface area contributed by atoms with Crippen molar-refractivity contribution in [1.82, 2.24) is 5.32 Å². The van der Waals surface area contributed by atoms with Crippen LogP contribution in [0.2, 0.25) is 0 Å². The highest BCUT2D eigenvalue weighted by Gasteiger charge is 2.17. The number of hydrogen-bond acceptors (Lipinski definition) is 5. The van der Waals surface area contributed by atoms with Crippen LogP contribution >= 0.6 is 11.8 Å². The molecule has 1 atom stereocenters. The Hall–Kier alpha value is -4.82. The van der Waals surface area contributed by atoms with Gasteiger partial charge in [0.15, 0.2) is 0 Å². The lowest BCUT2D eigenvalue weighted by Gasteiger charge is -2.15. The van der Waals surface area contributed by atoms with Gasteiger partial charge in [0.1, 0.15) is 11.4 Å². The van der Waals surface area contributed by atoms with Gasteiger partial charge in [-0.2, -0.15) is 0 Å². The van der Waals surface area contributed by atoms with Crippen molar-refractivity contribution < 1.29 is 19.1 Å². The van der Waals surface area contributed by atoms with Gasteiger partial charge in [0.25, 0.3) is 11.8 Å². The van der Waals surface area contributed by atoms with Crippen molar-refractivity contribution in [1.29, 1.82) is 0 Å². The lowest BCUT2D eigenvalue weighted by molar-refractivity contribution is -0.115. The maximum atomic E-state index is 13.4. The van der Waals surface area contributed by atoms with E-state index in [0.29, 0.717) is 22.6 Å². The molecule has 0 saturated heterocycles. The Bertz CT molecular complexity index is 1580. The van der Waals surface area contributed by atoms with Crippen LogP contribution in [-0.2, 0) is 9.59 Å². The number of amides is 3. The van der Waals surface area contributed by atoms with Gasteiger partial charge in [-0.15, -0.1) is 11.8 Å². The summed E-state index contributed by atoms with van der Waals surface area (Å²) in [5, 5.41) is 8.22. The van der Waals surface area contributed by atoms with Crippen LogP contribution in [0.15, 0.2) is 108 Å². The van der Waals surface area contributed by atoms with E-state index in [1.54, 1.807) is 73.8 Å². The molecule has 0 saturated carbocycles. The summed E-state index contributed by atoms with van der Waals surface area (Å²) in [6.45, 7) is 5.82. The van der Waals surface area contributed by atoms with Gasteiger partial charge in [-0.1, -0.05) is 42.5 Å². The van der Waals surface area contributed by atoms with Gasteiger partial charge in [-0.05, 0) is 98.1 Å². The Morgan fingerprint density at radius 2 is 1.48 bits per heavy atom. The van der Waals surface area contributed by atoms with Crippen molar-refractivity contribution in [2.75, 3.05) is 17.7 Å². The van der Waals surface area contributed by atoms with Crippen molar-refractivity contribution in [3.8, 4) is 5.75 Å². The van der Waals surface area contributed by atoms with Crippen LogP contribution in [0, 0.1) is 13.8 Å². The van der Waals surface area contributed by atoms with E-state index in [0.717, 1.165) is 21.7 Å². The number of ether oxygens (including phenoxy) is 1. The highest BCUT2D eigenvalue weighted by Crippen LogP contribution is 2.27. The van der Waals surface area contributed by atoms with Gasteiger partial charge in [-0.25, -0.2) is 0 Å². The molecule has 0 heterocycles. The van der Waals surface area contributed by atoms with E-state index in [2.05, 4.69) is 22.0 Å². The Morgan fingerprint density at radius 3 is 2.14 bits per heavy atom. The molecule has 214 valence electrons. The van der Waals surface area contributed by atoms with Crippen LogP contribution < -0.4 is 20.7 Å². The molecular formula is C34H33N3O4S. The van der Waals surface area contributed by atoms with Crippen LogP contribution in [0.4, 0.5) is 11.4 Å². The summed E-state index contributed by atoms with van der Waals surface area (Å²) in [5.41, 5.74) is 4.66. The number of nitrogens with one attached hydrogen (secondary N) is 3. The van der Waals surface area contributed by atoms with Gasteiger partial charge >= 0.3 is 0 Å². The average Bonchev–Trinajstić information content (AvgIpc) is 2.97. The first-order chi connectivity index (χ1) is 20.2. The van der Waals surface area contributed by atoms with Crippen LogP contribution in [0.3, 0.4) is 0 Å². The molecule has 0 aliphatic carbocycles. The molecule has 3 N–H and O–H groups in total. The minimum absolute atomic E-state index is 0.0771. The molecule has 8 heteroatoms. The largest absolute Gasteiger partial charge is 0.497 e. The second-order valence-corrected chi connectivity index (χ2v) is 11.2. The zero-order valence-corrected chi connectivity index (χ0v) is 24.8. The Kier molecular flexibility index (Phi) is 10.2. The standard InChI is InChI=1S/C34H33N3O4S/c1-22-17-23(2)19-28(18-22)36-32(38)24(3)42-30-12-8-11-27(21-30)35-34(40)31(20-25-13-15-29(41-4)16-14-25)37-33(39)26-9-6-5-7-10-26/h5-21,24H,1-4H3,(H,35,40)(H,36,38)(H,37,39)/b31-20+. The van der Waals surface area contributed by atoms with Crippen LogP contribution in [0.25, 0.3) is 6.08 Å². The molecule has 0 aliphatic rings. The summed E-state index contributed by atoms with van der Waals surface area (Å²) in [5.74, 6) is -0.332. The zero-order valence-electron chi connectivity index (χ0n) is 23.9. The summed E-state index contributed by atoms with van der Waals surface area (Å²) >= 11 is 1.38. The van der Waals surface area contributed by atoms with E-state index in [9.17, 15) is 14.4 Å². The van der Waals surface area contributed by atoms with E-state index in [-0.39, 0.29) is 16.9 Å². The molecule has 42 heavy (non-hydrogen) atoms. The quantitative estimate of drug-likeness (QED) is 0.141. The predicted molar refractivity (Wildman–Crippen MR) is 170 cm³/mol. The van der Waals surface area contributed by atoms with Crippen LogP contribution in [0.5, 0.6) is 5.75 Å². The smallest absolute Gasteiger partial charge is 0.272 e. The van der Waals surface area contributed by atoms with Crippen LogP contribution in [-0.4, -0.2) is 30.1 Å². The van der Waals surface area contributed by atoms with E-state index in [4.69, 9.17) is 4.74 Å². The normalized spacial score (nSPS) is 11.8. The summed E-state index contributed by atoms with van der Waals surface area (Å²) in [6, 6.07) is 29.0. The molecule has 4 aromatic rings. The molecule has 1 unspecified atom stereocenters. The maximum Gasteiger partial charge on any atom is 0.272 e. The molecule has 0 radical (unpaired) electrons. The molecule has 0 spiro atoms. The second kappa shape index (κ2) is 14.2. The minimum Gasteiger partial charge on any atom is -0.497 e. The number of aryl methyl sites for hydroxylation is 2. The van der Waals surface area contributed by atoms with E-state index < -0.39 is 11.8 Å². The highest BCUT2D eigenvalue weighted by molar-refractivity contribution is 8.00. The SMILES string of the molecule is COc1ccc(/C=C(/NC(=O)c2ccccc2)C(=O)Nc2cccc(SC(C)C(=O)Nc3cc(C)cc(C)c3)c2)cc1. The average molecular weight is 580 g/mol. The summed E-state index contributed by atoms with van der Waals surface area (Å²) in [4.78, 5) is 40.0. The number of carbonyl (C=O) groups excluding carboxylic acids is 3. The predicted octanol–water partition coefficient (Wildman–Crippen LogP) is 6.84. The van der Waals surface area contributed by atoms with Crippen molar-refractivity contribution in [2.45, 2.75) is 30.9 Å². The first-order valence-electron chi connectivity index (χ1n) is 13.4. The number of methoxy groups -OCH3 is 1. The van der Waals surface area contributed by atoms with Crippen molar-refractivity contribution in [2.24, 2.45) is 0 Å². The molecule has 4 rings (SSSR count). The molecule has 0 aliphatic heterocycles. The molecular weight excluding hydrogens is 546 g/mol. The van der Waals surface area contributed by atoms with Gasteiger partial charge < -0.3 is 20.7 Å². The minimum atomic E-state index is -0.488. The molecule has 7 nitrogen and oxygen atoms in total. The third-order valence-corrected chi connectivity index (χ3v) is 7.31. The third kappa shape index (κ3) is 8.59. The monoisotopic (exact) mass is 579 g/mol. The number of benzene rings is 4. The topological polar surface area (TPSA) is 96.5 Å². The maximum absolute atomic E-state index is 13.4. The fourth-order valence-corrected chi connectivity index (χ4v) is 5.13. The van der Waals surface area contributed by atoms with Crippen molar-refractivity contribution in [3.63, 3.8) is 0 Å². The van der Waals surface area contributed by atoms with Gasteiger partial charge in [0, 0.05) is 21.8 Å². The fraction of sp³-hybridized carbons (Fsp3) is 0.147. The number of anilines is 2. The number of hydrogen-bond donors (Lipinski definition) is 3. The van der Waals surface area contributed by atoms with E-state index in [1.165, 1.54) is 11.8 Å². The Morgan fingerprint density at radius 1 is 0.786 bits per heavy atom. The first kappa shape index (κ1) is 30.1. The third-order valence-electron chi connectivity index (χ3n) is 6.22. The number of carbonyl (C=O) groups is 3. The summed E-state index contributed by atoms with van der Waals surface area (Å²) in [6.07, 6.45) is 1.60. The number of thioether (sulfide) groups is 1. The Labute approximate surface area is 250 Å². The van der Waals surface area contributed by atoms with Crippen LogP contribution in [0.1, 0.15) is 34.0 Å².